The second kappa shape index (κ2) is 9.34. The lowest BCUT2D eigenvalue weighted by Crippen LogP contribution is -2.36. The Morgan fingerprint density at radius 2 is 1.64 bits per heavy atom. The summed E-state index contributed by atoms with van der Waals surface area (Å²) in [5.41, 5.74) is 2.31. The van der Waals surface area contributed by atoms with Crippen molar-refractivity contribution in [3.8, 4) is 0 Å². The Balaban J connectivity index is 1.64. The van der Waals surface area contributed by atoms with Crippen molar-refractivity contribution in [3.63, 3.8) is 0 Å². The molecule has 0 spiro atoms. The Labute approximate surface area is 167 Å². The molecule has 1 aliphatic heterocycles. The van der Waals surface area contributed by atoms with Gasteiger partial charge < -0.3 is 5.32 Å². The van der Waals surface area contributed by atoms with Gasteiger partial charge in [0.1, 0.15) is 0 Å². The van der Waals surface area contributed by atoms with Crippen molar-refractivity contribution < 1.29 is 13.2 Å². The smallest absolute Gasteiger partial charge is 0.251 e. The molecule has 0 unspecified atom stereocenters. The number of hydrogen-bond donors (Lipinski definition) is 1. The van der Waals surface area contributed by atoms with Crippen LogP contribution in [0.4, 0.5) is 0 Å². The van der Waals surface area contributed by atoms with Gasteiger partial charge in [0, 0.05) is 18.7 Å². The Bertz CT molecular complexity index is 874. The van der Waals surface area contributed by atoms with Gasteiger partial charge in [0.2, 0.25) is 10.0 Å². The van der Waals surface area contributed by atoms with E-state index in [1.54, 1.807) is 28.6 Å². The molecule has 1 saturated heterocycles. The summed E-state index contributed by atoms with van der Waals surface area (Å²) in [6, 6.07) is 16.7. The van der Waals surface area contributed by atoms with Crippen molar-refractivity contribution in [2.24, 2.45) is 0 Å². The van der Waals surface area contributed by atoms with E-state index in [4.69, 9.17) is 0 Å². The van der Waals surface area contributed by atoms with E-state index in [0.717, 1.165) is 31.2 Å². The molecule has 1 atom stereocenters. The lowest BCUT2D eigenvalue weighted by Gasteiger charge is -2.25. The molecule has 0 bridgehead atoms. The van der Waals surface area contributed by atoms with Crippen LogP contribution in [-0.4, -0.2) is 31.7 Å². The van der Waals surface area contributed by atoms with Crippen molar-refractivity contribution >= 4 is 15.9 Å². The Kier molecular flexibility index (Phi) is 6.86. The molecule has 1 aliphatic rings. The molecule has 0 aliphatic carbocycles. The largest absolute Gasteiger partial charge is 0.345 e. The van der Waals surface area contributed by atoms with E-state index in [-0.39, 0.29) is 17.7 Å². The van der Waals surface area contributed by atoms with Gasteiger partial charge in [-0.25, -0.2) is 12.7 Å². The van der Waals surface area contributed by atoms with Gasteiger partial charge in [-0.3, -0.25) is 4.79 Å². The Morgan fingerprint density at radius 3 is 2.25 bits per heavy atom. The number of piperidine rings is 1. The fraction of sp³-hybridized carbons (Fsp3) is 0.409. The van der Waals surface area contributed by atoms with E-state index < -0.39 is 10.0 Å². The average molecular weight is 401 g/mol. The number of carbonyl (C=O) groups excluding carboxylic acids is 1. The average Bonchev–Trinajstić information content (AvgIpc) is 2.73. The molecule has 3 rings (SSSR count). The van der Waals surface area contributed by atoms with Crippen LogP contribution in [0.25, 0.3) is 0 Å². The number of hydrogen-bond acceptors (Lipinski definition) is 3. The molecular weight excluding hydrogens is 372 g/mol. The zero-order chi connectivity index (χ0) is 20.0. The van der Waals surface area contributed by atoms with Crippen molar-refractivity contribution in [1.82, 2.24) is 9.62 Å². The molecular formula is C22H28N2O3S. The highest BCUT2D eigenvalue weighted by Gasteiger charge is 2.24. The van der Waals surface area contributed by atoms with E-state index >= 15 is 0 Å². The van der Waals surface area contributed by atoms with Gasteiger partial charge in [0.25, 0.3) is 5.91 Å². The van der Waals surface area contributed by atoms with Crippen LogP contribution in [0, 0.1) is 0 Å². The van der Waals surface area contributed by atoms with Gasteiger partial charge in [-0.1, -0.05) is 55.8 Å². The first-order valence-corrected chi connectivity index (χ1v) is 11.5. The zero-order valence-electron chi connectivity index (χ0n) is 16.3. The number of carbonyl (C=O) groups is 1. The van der Waals surface area contributed by atoms with Gasteiger partial charge in [0.15, 0.2) is 0 Å². The van der Waals surface area contributed by atoms with Gasteiger partial charge >= 0.3 is 0 Å². The third-order valence-electron chi connectivity index (χ3n) is 5.19. The zero-order valence-corrected chi connectivity index (χ0v) is 17.1. The van der Waals surface area contributed by atoms with E-state index in [1.807, 2.05) is 37.3 Å². The fourth-order valence-corrected chi connectivity index (χ4v) is 5.16. The molecule has 1 fully saturated rings. The summed E-state index contributed by atoms with van der Waals surface area (Å²) in [5.74, 6) is -0.169. The van der Waals surface area contributed by atoms with Crippen LogP contribution in [0.15, 0.2) is 54.6 Å². The monoisotopic (exact) mass is 400 g/mol. The third-order valence-corrected chi connectivity index (χ3v) is 7.04. The van der Waals surface area contributed by atoms with Crippen LogP contribution in [0.5, 0.6) is 0 Å². The Hall–Kier alpha value is -2.18. The summed E-state index contributed by atoms with van der Waals surface area (Å²) in [5, 5.41) is 3.05. The molecule has 0 saturated carbocycles. The van der Waals surface area contributed by atoms with Gasteiger partial charge in [0.05, 0.1) is 11.8 Å². The first kappa shape index (κ1) is 20.6. The number of nitrogens with zero attached hydrogens (tertiary/aromatic N) is 1. The maximum atomic E-state index is 12.6. The summed E-state index contributed by atoms with van der Waals surface area (Å²) in [6.07, 6.45) is 3.75. The number of rotatable bonds is 7. The van der Waals surface area contributed by atoms with Crippen LogP contribution in [0.1, 0.15) is 60.1 Å². The van der Waals surface area contributed by atoms with Crippen molar-refractivity contribution in [3.05, 3.63) is 71.3 Å². The summed E-state index contributed by atoms with van der Waals surface area (Å²) >= 11 is 0. The lowest BCUT2D eigenvalue weighted by atomic mass is 10.0. The molecule has 1 amide bonds. The second-order valence-corrected chi connectivity index (χ2v) is 9.23. The molecule has 2 aromatic rings. The first-order chi connectivity index (χ1) is 13.5. The van der Waals surface area contributed by atoms with E-state index in [2.05, 4.69) is 5.32 Å². The van der Waals surface area contributed by atoms with E-state index in [1.165, 1.54) is 0 Å². The predicted molar refractivity (Wildman–Crippen MR) is 111 cm³/mol. The van der Waals surface area contributed by atoms with Gasteiger partial charge in [-0.05, 0) is 42.5 Å². The summed E-state index contributed by atoms with van der Waals surface area (Å²) in [7, 11) is -3.30. The van der Waals surface area contributed by atoms with Crippen LogP contribution in [0.3, 0.4) is 0 Å². The maximum Gasteiger partial charge on any atom is 0.251 e. The highest BCUT2D eigenvalue weighted by atomic mass is 32.2. The SMILES string of the molecule is CC[C@H](NC(=O)c1ccc(CS(=O)(=O)N2CCCCC2)cc1)c1ccccc1. The van der Waals surface area contributed by atoms with Crippen molar-refractivity contribution in [2.75, 3.05) is 13.1 Å². The minimum absolute atomic E-state index is 0.0174. The van der Waals surface area contributed by atoms with Gasteiger partial charge in [-0.2, -0.15) is 0 Å². The molecule has 0 radical (unpaired) electrons. The minimum atomic E-state index is -3.30. The highest BCUT2D eigenvalue weighted by Crippen LogP contribution is 2.19. The number of nitrogens with one attached hydrogen (secondary N) is 1. The van der Waals surface area contributed by atoms with Crippen LogP contribution >= 0.6 is 0 Å². The molecule has 150 valence electrons. The molecule has 1 N–H and O–H groups in total. The molecule has 28 heavy (non-hydrogen) atoms. The molecule has 1 heterocycles. The van der Waals surface area contributed by atoms with Crippen LogP contribution in [0.2, 0.25) is 0 Å². The number of amides is 1. The standard InChI is InChI=1S/C22H28N2O3S/c1-2-21(19-9-5-3-6-10-19)23-22(25)20-13-11-18(12-14-20)17-28(26,27)24-15-7-4-8-16-24/h3,5-6,9-14,21H,2,4,7-8,15-17H2,1H3,(H,23,25)/t21-/m0/s1. The fourth-order valence-electron chi connectivity index (χ4n) is 3.55. The lowest BCUT2D eigenvalue weighted by molar-refractivity contribution is 0.0935. The van der Waals surface area contributed by atoms with Gasteiger partial charge in [-0.15, -0.1) is 0 Å². The highest BCUT2D eigenvalue weighted by molar-refractivity contribution is 7.88. The maximum absolute atomic E-state index is 12.6. The van der Waals surface area contributed by atoms with Crippen LogP contribution in [-0.2, 0) is 15.8 Å². The third kappa shape index (κ3) is 5.20. The van der Waals surface area contributed by atoms with Crippen molar-refractivity contribution in [2.45, 2.75) is 44.4 Å². The molecule has 2 aromatic carbocycles. The number of benzene rings is 2. The minimum Gasteiger partial charge on any atom is -0.345 e. The Morgan fingerprint density at radius 1 is 1.00 bits per heavy atom. The molecule has 0 aromatic heterocycles. The summed E-state index contributed by atoms with van der Waals surface area (Å²) < 4.78 is 26.7. The topological polar surface area (TPSA) is 66.5 Å². The van der Waals surface area contributed by atoms with E-state index in [0.29, 0.717) is 24.2 Å². The second-order valence-electron chi connectivity index (χ2n) is 7.26. The normalized spacial score (nSPS) is 16.5. The molecule has 5 nitrogen and oxygen atoms in total. The summed E-state index contributed by atoms with van der Waals surface area (Å²) in [6.45, 7) is 3.26. The van der Waals surface area contributed by atoms with E-state index in [9.17, 15) is 13.2 Å². The predicted octanol–water partition coefficient (Wildman–Crippen LogP) is 3.88. The quantitative estimate of drug-likeness (QED) is 0.767. The van der Waals surface area contributed by atoms with Crippen LogP contribution < -0.4 is 5.32 Å². The van der Waals surface area contributed by atoms with Crippen molar-refractivity contribution in [1.29, 1.82) is 0 Å². The molecule has 6 heteroatoms. The summed E-state index contributed by atoms with van der Waals surface area (Å²) in [4.78, 5) is 12.6. The number of sulfonamides is 1. The first-order valence-electron chi connectivity index (χ1n) is 9.92.